The number of rotatable bonds is 4. The summed E-state index contributed by atoms with van der Waals surface area (Å²) in [4.78, 5) is 4.59. The zero-order valence-electron chi connectivity index (χ0n) is 10.4. The highest BCUT2D eigenvalue weighted by Crippen LogP contribution is 2.19. The molecule has 0 aromatic carbocycles. The van der Waals surface area contributed by atoms with E-state index in [1.165, 1.54) is 25.7 Å². The van der Waals surface area contributed by atoms with Crippen LogP contribution in [0, 0.1) is 0 Å². The number of imidazole rings is 1. The van der Waals surface area contributed by atoms with E-state index in [1.54, 1.807) is 0 Å². The molecule has 2 aromatic heterocycles. The van der Waals surface area contributed by atoms with Crippen LogP contribution < -0.4 is 5.32 Å². The standard InChI is InChI=1S/C14H18BrN3/c15-14-12-7-3-4-10-18(12)13(17-14)8-9-16-11-5-1-2-6-11/h3-4,7,10-11,16H,1-2,5-6,8-9H2. The van der Waals surface area contributed by atoms with Gasteiger partial charge in [-0.25, -0.2) is 4.98 Å². The van der Waals surface area contributed by atoms with Crippen LogP contribution in [0.4, 0.5) is 0 Å². The zero-order chi connectivity index (χ0) is 12.4. The van der Waals surface area contributed by atoms with Crippen molar-refractivity contribution in [1.82, 2.24) is 14.7 Å². The maximum Gasteiger partial charge on any atom is 0.132 e. The predicted octanol–water partition coefficient (Wildman–Crippen LogP) is 3.17. The largest absolute Gasteiger partial charge is 0.314 e. The minimum atomic E-state index is 0.736. The molecule has 1 aliphatic carbocycles. The molecular formula is C14H18BrN3. The van der Waals surface area contributed by atoms with Gasteiger partial charge in [-0.05, 0) is 40.9 Å². The Bertz CT molecular complexity index is 529. The van der Waals surface area contributed by atoms with Crippen molar-refractivity contribution in [3.05, 3.63) is 34.8 Å². The van der Waals surface area contributed by atoms with E-state index in [0.29, 0.717) is 0 Å². The summed E-state index contributed by atoms with van der Waals surface area (Å²) in [7, 11) is 0. The molecule has 1 N–H and O–H groups in total. The monoisotopic (exact) mass is 307 g/mol. The lowest BCUT2D eigenvalue weighted by molar-refractivity contribution is 0.523. The lowest BCUT2D eigenvalue weighted by Gasteiger charge is -2.10. The van der Waals surface area contributed by atoms with E-state index in [9.17, 15) is 0 Å². The topological polar surface area (TPSA) is 29.3 Å². The van der Waals surface area contributed by atoms with E-state index >= 15 is 0 Å². The molecule has 1 aliphatic rings. The molecule has 0 unspecified atom stereocenters. The Morgan fingerprint density at radius 3 is 3.00 bits per heavy atom. The van der Waals surface area contributed by atoms with Crippen LogP contribution >= 0.6 is 15.9 Å². The zero-order valence-corrected chi connectivity index (χ0v) is 12.0. The number of aromatic nitrogens is 2. The Kier molecular flexibility index (Phi) is 3.66. The molecule has 3 nitrogen and oxygen atoms in total. The third-order valence-corrected chi connectivity index (χ3v) is 4.30. The minimum Gasteiger partial charge on any atom is -0.314 e. The maximum atomic E-state index is 4.59. The molecule has 0 atom stereocenters. The van der Waals surface area contributed by atoms with Crippen molar-refractivity contribution in [1.29, 1.82) is 0 Å². The number of hydrogen-bond acceptors (Lipinski definition) is 2. The van der Waals surface area contributed by atoms with Crippen molar-refractivity contribution < 1.29 is 0 Å². The highest BCUT2D eigenvalue weighted by atomic mass is 79.9. The molecule has 18 heavy (non-hydrogen) atoms. The van der Waals surface area contributed by atoms with E-state index < -0.39 is 0 Å². The number of fused-ring (bicyclic) bond motifs is 1. The van der Waals surface area contributed by atoms with Gasteiger partial charge in [0, 0.05) is 25.2 Å². The van der Waals surface area contributed by atoms with Gasteiger partial charge in [-0.3, -0.25) is 0 Å². The summed E-state index contributed by atoms with van der Waals surface area (Å²) in [6.07, 6.45) is 8.51. The Labute approximate surface area is 116 Å². The van der Waals surface area contributed by atoms with Gasteiger partial charge < -0.3 is 9.72 Å². The molecule has 2 aromatic rings. The summed E-state index contributed by atoms with van der Waals surface area (Å²) in [6.45, 7) is 1.02. The maximum absolute atomic E-state index is 4.59. The molecule has 2 heterocycles. The first-order chi connectivity index (χ1) is 8.84. The quantitative estimate of drug-likeness (QED) is 0.940. The molecule has 0 spiro atoms. The van der Waals surface area contributed by atoms with Gasteiger partial charge in [0.25, 0.3) is 0 Å². The van der Waals surface area contributed by atoms with Gasteiger partial charge in [-0.15, -0.1) is 0 Å². The average molecular weight is 308 g/mol. The molecule has 0 saturated heterocycles. The lowest BCUT2D eigenvalue weighted by atomic mass is 10.2. The molecule has 96 valence electrons. The fourth-order valence-corrected chi connectivity index (χ4v) is 3.28. The SMILES string of the molecule is Brc1nc(CCNC2CCCC2)n2ccccc12. The molecule has 4 heteroatoms. The van der Waals surface area contributed by atoms with Crippen LogP contribution in [0.1, 0.15) is 31.5 Å². The first-order valence-corrected chi connectivity index (χ1v) is 7.49. The van der Waals surface area contributed by atoms with Crippen molar-refractivity contribution in [3.8, 4) is 0 Å². The summed E-state index contributed by atoms with van der Waals surface area (Å²) in [6, 6.07) is 6.92. The van der Waals surface area contributed by atoms with Crippen molar-refractivity contribution >= 4 is 21.4 Å². The first-order valence-electron chi connectivity index (χ1n) is 6.69. The molecule has 0 amide bonds. The van der Waals surface area contributed by atoms with Crippen LogP contribution in [-0.4, -0.2) is 22.0 Å². The fraction of sp³-hybridized carbons (Fsp3) is 0.500. The van der Waals surface area contributed by atoms with Crippen LogP contribution in [0.5, 0.6) is 0 Å². The summed E-state index contributed by atoms with van der Waals surface area (Å²) in [5.74, 6) is 1.13. The van der Waals surface area contributed by atoms with Crippen LogP contribution in [0.15, 0.2) is 29.0 Å². The third-order valence-electron chi connectivity index (χ3n) is 3.71. The summed E-state index contributed by atoms with van der Waals surface area (Å²) in [5, 5.41) is 3.64. The first kappa shape index (κ1) is 12.2. The second-order valence-corrected chi connectivity index (χ2v) is 5.71. The Morgan fingerprint density at radius 1 is 1.33 bits per heavy atom. The smallest absolute Gasteiger partial charge is 0.132 e. The number of nitrogens with zero attached hydrogens (tertiary/aromatic N) is 2. The molecule has 1 fully saturated rings. The van der Waals surface area contributed by atoms with E-state index in [1.807, 2.05) is 6.07 Å². The van der Waals surface area contributed by atoms with Crippen LogP contribution in [-0.2, 0) is 6.42 Å². The van der Waals surface area contributed by atoms with Crippen molar-refractivity contribution in [3.63, 3.8) is 0 Å². The van der Waals surface area contributed by atoms with Crippen LogP contribution in [0.25, 0.3) is 5.52 Å². The van der Waals surface area contributed by atoms with E-state index in [4.69, 9.17) is 0 Å². The molecule has 1 saturated carbocycles. The van der Waals surface area contributed by atoms with Gasteiger partial charge in [0.15, 0.2) is 0 Å². The van der Waals surface area contributed by atoms with Gasteiger partial charge in [-0.1, -0.05) is 18.9 Å². The number of halogens is 1. The predicted molar refractivity (Wildman–Crippen MR) is 76.9 cm³/mol. The molecule has 3 rings (SSSR count). The Balaban J connectivity index is 1.67. The molecular weight excluding hydrogens is 290 g/mol. The molecule has 0 aliphatic heterocycles. The van der Waals surface area contributed by atoms with Crippen molar-refractivity contribution in [2.24, 2.45) is 0 Å². The number of hydrogen-bond donors (Lipinski definition) is 1. The van der Waals surface area contributed by atoms with Gasteiger partial charge in [0.05, 0.1) is 5.52 Å². The lowest BCUT2D eigenvalue weighted by Crippen LogP contribution is -2.28. The van der Waals surface area contributed by atoms with Gasteiger partial charge >= 0.3 is 0 Å². The summed E-state index contributed by atoms with van der Waals surface area (Å²) >= 11 is 3.52. The second-order valence-electron chi connectivity index (χ2n) is 4.96. The minimum absolute atomic E-state index is 0.736. The highest BCUT2D eigenvalue weighted by Gasteiger charge is 2.14. The summed E-state index contributed by atoms with van der Waals surface area (Å²) in [5.41, 5.74) is 1.15. The Morgan fingerprint density at radius 2 is 2.17 bits per heavy atom. The normalized spacial score (nSPS) is 16.7. The van der Waals surface area contributed by atoms with E-state index in [-0.39, 0.29) is 0 Å². The second kappa shape index (κ2) is 5.41. The van der Waals surface area contributed by atoms with Gasteiger partial charge in [0.2, 0.25) is 0 Å². The summed E-state index contributed by atoms with van der Waals surface area (Å²) < 4.78 is 3.11. The third kappa shape index (κ3) is 2.45. The van der Waals surface area contributed by atoms with Crippen molar-refractivity contribution in [2.75, 3.05) is 6.54 Å². The van der Waals surface area contributed by atoms with Gasteiger partial charge in [-0.2, -0.15) is 0 Å². The van der Waals surface area contributed by atoms with Gasteiger partial charge in [0.1, 0.15) is 10.4 Å². The van der Waals surface area contributed by atoms with Crippen LogP contribution in [0.2, 0.25) is 0 Å². The number of nitrogens with one attached hydrogen (secondary N) is 1. The van der Waals surface area contributed by atoms with Crippen molar-refractivity contribution in [2.45, 2.75) is 38.1 Å². The molecule has 0 bridgehead atoms. The average Bonchev–Trinajstić information content (AvgIpc) is 3.00. The molecule has 0 radical (unpaired) electrons. The number of pyridine rings is 1. The Hall–Kier alpha value is -0.870. The fourth-order valence-electron chi connectivity index (χ4n) is 2.76. The van der Waals surface area contributed by atoms with E-state index in [0.717, 1.165) is 35.0 Å². The van der Waals surface area contributed by atoms with E-state index in [2.05, 4.69) is 49.0 Å². The van der Waals surface area contributed by atoms with Crippen LogP contribution in [0.3, 0.4) is 0 Å². The highest BCUT2D eigenvalue weighted by molar-refractivity contribution is 9.10.